The van der Waals surface area contributed by atoms with Crippen LogP contribution < -0.4 is 10.6 Å². The minimum absolute atomic E-state index is 0.199. The molecule has 0 aliphatic rings. The Balaban J connectivity index is 2.04. The van der Waals surface area contributed by atoms with E-state index in [4.69, 9.17) is 4.52 Å². The number of anilines is 1. The summed E-state index contributed by atoms with van der Waals surface area (Å²) in [6, 6.07) is 3.47. The molecule has 0 unspecified atom stereocenters. The van der Waals surface area contributed by atoms with Crippen LogP contribution in [-0.4, -0.2) is 22.6 Å². The van der Waals surface area contributed by atoms with Crippen LogP contribution in [0.1, 0.15) is 23.0 Å². The van der Waals surface area contributed by atoms with Crippen LogP contribution in [0.2, 0.25) is 0 Å². The van der Waals surface area contributed by atoms with Gasteiger partial charge in [0.05, 0.1) is 24.0 Å². The summed E-state index contributed by atoms with van der Waals surface area (Å²) in [4.78, 5) is 15.9. The Morgan fingerprint density at radius 3 is 3.00 bits per heavy atom. The third-order valence-corrected chi connectivity index (χ3v) is 2.35. The molecular formula is C12H14N4O2. The van der Waals surface area contributed by atoms with Crippen molar-refractivity contribution in [1.29, 1.82) is 0 Å². The molecule has 2 aromatic rings. The molecule has 0 saturated heterocycles. The largest absolute Gasteiger partial charge is 0.385 e. The van der Waals surface area contributed by atoms with Gasteiger partial charge in [0, 0.05) is 25.0 Å². The molecule has 2 N–H and O–H groups in total. The molecule has 6 nitrogen and oxygen atoms in total. The van der Waals surface area contributed by atoms with Crippen molar-refractivity contribution < 1.29 is 9.32 Å². The van der Waals surface area contributed by atoms with Gasteiger partial charge in [-0.1, -0.05) is 5.16 Å². The van der Waals surface area contributed by atoms with Crippen LogP contribution in [-0.2, 0) is 6.54 Å². The molecule has 0 bridgehead atoms. The van der Waals surface area contributed by atoms with E-state index in [1.165, 1.54) is 12.4 Å². The van der Waals surface area contributed by atoms with Gasteiger partial charge in [-0.2, -0.15) is 0 Å². The fraction of sp³-hybridized carbons (Fsp3) is 0.250. The predicted octanol–water partition coefficient (Wildman–Crippen LogP) is 1.43. The normalized spacial score (nSPS) is 10.1. The average Bonchev–Trinajstić information content (AvgIpc) is 2.90. The standard InChI is InChI=1S/C12H14N4O2/c1-2-14-11-4-5-13-8-10(11)12(17)15-7-9-3-6-16-18-9/h3-6,8H,2,7H2,1H3,(H,13,14)(H,15,17). The molecule has 0 aliphatic carbocycles. The fourth-order valence-electron chi connectivity index (χ4n) is 1.52. The van der Waals surface area contributed by atoms with Crippen molar-refractivity contribution in [3.05, 3.63) is 42.0 Å². The van der Waals surface area contributed by atoms with Gasteiger partial charge in [0.2, 0.25) is 0 Å². The second kappa shape index (κ2) is 5.81. The lowest BCUT2D eigenvalue weighted by Crippen LogP contribution is -2.24. The van der Waals surface area contributed by atoms with Gasteiger partial charge < -0.3 is 15.2 Å². The summed E-state index contributed by atoms with van der Waals surface area (Å²) in [5, 5.41) is 9.43. The number of pyridine rings is 1. The van der Waals surface area contributed by atoms with Crippen molar-refractivity contribution in [2.24, 2.45) is 0 Å². The van der Waals surface area contributed by atoms with E-state index in [2.05, 4.69) is 20.8 Å². The van der Waals surface area contributed by atoms with Crippen molar-refractivity contribution in [2.45, 2.75) is 13.5 Å². The molecular weight excluding hydrogens is 232 g/mol. The summed E-state index contributed by atoms with van der Waals surface area (Å²) in [6.07, 6.45) is 4.72. The van der Waals surface area contributed by atoms with Gasteiger partial charge in [-0.05, 0) is 13.0 Å². The third-order valence-electron chi connectivity index (χ3n) is 2.35. The molecule has 2 rings (SSSR count). The Morgan fingerprint density at radius 1 is 1.39 bits per heavy atom. The van der Waals surface area contributed by atoms with E-state index in [1.54, 1.807) is 18.3 Å². The number of nitrogens with zero attached hydrogens (tertiary/aromatic N) is 2. The molecule has 0 atom stereocenters. The van der Waals surface area contributed by atoms with Gasteiger partial charge in [-0.15, -0.1) is 0 Å². The Morgan fingerprint density at radius 2 is 2.28 bits per heavy atom. The van der Waals surface area contributed by atoms with E-state index >= 15 is 0 Å². The topological polar surface area (TPSA) is 80.0 Å². The first-order valence-electron chi connectivity index (χ1n) is 5.67. The van der Waals surface area contributed by atoms with Crippen LogP contribution in [0, 0.1) is 0 Å². The SMILES string of the molecule is CCNc1ccncc1C(=O)NCc1ccno1. The molecule has 1 amide bonds. The van der Waals surface area contributed by atoms with E-state index in [-0.39, 0.29) is 5.91 Å². The van der Waals surface area contributed by atoms with Gasteiger partial charge in [0.1, 0.15) is 0 Å². The highest BCUT2D eigenvalue weighted by Crippen LogP contribution is 2.13. The number of hydrogen-bond donors (Lipinski definition) is 2. The van der Waals surface area contributed by atoms with Gasteiger partial charge >= 0.3 is 0 Å². The van der Waals surface area contributed by atoms with E-state index in [1.807, 2.05) is 6.92 Å². The molecule has 2 heterocycles. The average molecular weight is 246 g/mol. The van der Waals surface area contributed by atoms with Crippen molar-refractivity contribution in [2.75, 3.05) is 11.9 Å². The molecule has 0 radical (unpaired) electrons. The Labute approximate surface area is 104 Å². The Hall–Kier alpha value is -2.37. The summed E-state index contributed by atoms with van der Waals surface area (Å²) in [7, 11) is 0. The summed E-state index contributed by atoms with van der Waals surface area (Å²) in [5.41, 5.74) is 1.28. The van der Waals surface area contributed by atoms with Gasteiger partial charge in [-0.25, -0.2) is 0 Å². The van der Waals surface area contributed by atoms with E-state index in [0.29, 0.717) is 17.9 Å². The van der Waals surface area contributed by atoms with E-state index < -0.39 is 0 Å². The monoisotopic (exact) mass is 246 g/mol. The number of amides is 1. The van der Waals surface area contributed by atoms with Crippen molar-refractivity contribution in [3.8, 4) is 0 Å². The molecule has 6 heteroatoms. The van der Waals surface area contributed by atoms with Crippen molar-refractivity contribution in [3.63, 3.8) is 0 Å². The van der Waals surface area contributed by atoms with Crippen LogP contribution >= 0.6 is 0 Å². The molecule has 0 aromatic carbocycles. The lowest BCUT2D eigenvalue weighted by atomic mass is 10.2. The first kappa shape index (κ1) is 12.1. The molecule has 0 aliphatic heterocycles. The maximum absolute atomic E-state index is 12.0. The number of rotatable bonds is 5. The lowest BCUT2D eigenvalue weighted by Gasteiger charge is -2.09. The highest BCUT2D eigenvalue weighted by molar-refractivity contribution is 5.99. The van der Waals surface area contributed by atoms with E-state index in [0.717, 1.165) is 12.2 Å². The quantitative estimate of drug-likeness (QED) is 0.834. The minimum atomic E-state index is -0.199. The highest BCUT2D eigenvalue weighted by Gasteiger charge is 2.11. The smallest absolute Gasteiger partial charge is 0.255 e. The van der Waals surface area contributed by atoms with Crippen LogP contribution in [0.4, 0.5) is 5.69 Å². The van der Waals surface area contributed by atoms with Gasteiger partial charge in [0.15, 0.2) is 5.76 Å². The molecule has 2 aromatic heterocycles. The number of aromatic nitrogens is 2. The molecule has 0 fully saturated rings. The summed E-state index contributed by atoms with van der Waals surface area (Å²) < 4.78 is 4.90. The molecule has 94 valence electrons. The highest BCUT2D eigenvalue weighted by atomic mass is 16.5. The lowest BCUT2D eigenvalue weighted by molar-refractivity contribution is 0.0947. The van der Waals surface area contributed by atoms with Crippen LogP contribution in [0.5, 0.6) is 0 Å². The summed E-state index contributed by atoms with van der Waals surface area (Å²) >= 11 is 0. The number of carbonyl (C=O) groups is 1. The second-order valence-corrected chi connectivity index (χ2v) is 3.61. The van der Waals surface area contributed by atoms with Gasteiger partial charge in [0.25, 0.3) is 5.91 Å². The van der Waals surface area contributed by atoms with Crippen molar-refractivity contribution >= 4 is 11.6 Å². The fourth-order valence-corrected chi connectivity index (χ4v) is 1.52. The van der Waals surface area contributed by atoms with Crippen LogP contribution in [0.3, 0.4) is 0 Å². The minimum Gasteiger partial charge on any atom is -0.385 e. The zero-order chi connectivity index (χ0) is 12.8. The first-order chi connectivity index (χ1) is 8.81. The zero-order valence-electron chi connectivity index (χ0n) is 10.0. The Bertz CT molecular complexity index is 511. The number of nitrogens with one attached hydrogen (secondary N) is 2. The summed E-state index contributed by atoms with van der Waals surface area (Å²) in [6.45, 7) is 3.02. The van der Waals surface area contributed by atoms with Crippen LogP contribution in [0.15, 0.2) is 35.2 Å². The molecule has 0 saturated carbocycles. The van der Waals surface area contributed by atoms with Crippen molar-refractivity contribution in [1.82, 2.24) is 15.5 Å². The third kappa shape index (κ3) is 2.85. The maximum atomic E-state index is 12.0. The second-order valence-electron chi connectivity index (χ2n) is 3.61. The first-order valence-corrected chi connectivity index (χ1v) is 5.67. The maximum Gasteiger partial charge on any atom is 0.255 e. The Kier molecular flexibility index (Phi) is 3.90. The molecule has 18 heavy (non-hydrogen) atoms. The summed E-state index contributed by atoms with van der Waals surface area (Å²) in [5.74, 6) is 0.410. The van der Waals surface area contributed by atoms with E-state index in [9.17, 15) is 4.79 Å². The van der Waals surface area contributed by atoms with Crippen LogP contribution in [0.25, 0.3) is 0 Å². The number of hydrogen-bond acceptors (Lipinski definition) is 5. The van der Waals surface area contributed by atoms with Gasteiger partial charge in [-0.3, -0.25) is 9.78 Å². The molecule has 0 spiro atoms. The zero-order valence-corrected chi connectivity index (χ0v) is 10.0. The predicted molar refractivity (Wildman–Crippen MR) is 66.1 cm³/mol. The number of carbonyl (C=O) groups excluding carboxylic acids is 1.